The minimum absolute atomic E-state index is 0.0278. The van der Waals surface area contributed by atoms with E-state index in [0.717, 1.165) is 37.7 Å². The molecular weight excluding hydrogens is 331 g/mol. The van der Waals surface area contributed by atoms with Gasteiger partial charge in [0.05, 0.1) is 19.8 Å². The SMILES string of the molecule is O=C(CCSc1ccc(F)cc1)N(CCO)CCN1CCOCC1. The molecule has 0 spiro atoms. The molecular formula is C17H25FN2O3S. The monoisotopic (exact) mass is 356 g/mol. The minimum atomic E-state index is -0.257. The van der Waals surface area contributed by atoms with Gasteiger partial charge in [0.15, 0.2) is 0 Å². The number of benzene rings is 1. The highest BCUT2D eigenvalue weighted by Crippen LogP contribution is 2.19. The number of nitrogens with zero attached hydrogens (tertiary/aromatic N) is 2. The number of amides is 1. The van der Waals surface area contributed by atoms with Crippen molar-refractivity contribution in [3.63, 3.8) is 0 Å². The van der Waals surface area contributed by atoms with Crippen molar-refractivity contribution < 1.29 is 19.0 Å². The number of aliphatic hydroxyl groups is 1. The van der Waals surface area contributed by atoms with Crippen LogP contribution in [0.4, 0.5) is 4.39 Å². The largest absolute Gasteiger partial charge is 0.395 e. The molecule has 1 aliphatic rings. The first-order valence-corrected chi connectivity index (χ1v) is 9.24. The van der Waals surface area contributed by atoms with E-state index in [4.69, 9.17) is 4.74 Å². The normalized spacial score (nSPS) is 15.4. The van der Waals surface area contributed by atoms with Crippen molar-refractivity contribution in [3.05, 3.63) is 30.1 Å². The van der Waals surface area contributed by atoms with Gasteiger partial charge in [0.1, 0.15) is 5.82 Å². The van der Waals surface area contributed by atoms with E-state index in [2.05, 4.69) is 4.90 Å². The van der Waals surface area contributed by atoms with Crippen LogP contribution >= 0.6 is 11.8 Å². The summed E-state index contributed by atoms with van der Waals surface area (Å²) < 4.78 is 18.2. The number of hydrogen-bond donors (Lipinski definition) is 1. The van der Waals surface area contributed by atoms with Crippen LogP contribution in [0.2, 0.25) is 0 Å². The molecule has 1 heterocycles. The molecule has 1 aliphatic heterocycles. The Bertz CT molecular complexity index is 495. The second kappa shape index (κ2) is 10.7. The highest BCUT2D eigenvalue weighted by molar-refractivity contribution is 7.99. The molecule has 0 bridgehead atoms. The average molecular weight is 356 g/mol. The number of hydrogen-bond acceptors (Lipinski definition) is 5. The molecule has 0 aliphatic carbocycles. The van der Waals surface area contributed by atoms with Crippen molar-refractivity contribution in [2.45, 2.75) is 11.3 Å². The third-order valence-corrected chi connectivity index (χ3v) is 4.92. The van der Waals surface area contributed by atoms with Gasteiger partial charge in [-0.15, -0.1) is 11.8 Å². The second-order valence-corrected chi connectivity index (χ2v) is 6.78. The fourth-order valence-electron chi connectivity index (χ4n) is 2.51. The van der Waals surface area contributed by atoms with Crippen LogP contribution in [-0.2, 0) is 9.53 Å². The van der Waals surface area contributed by atoms with E-state index < -0.39 is 0 Å². The summed E-state index contributed by atoms with van der Waals surface area (Å²) in [4.78, 5) is 17.3. The highest BCUT2D eigenvalue weighted by atomic mass is 32.2. The number of carbonyl (C=O) groups is 1. The van der Waals surface area contributed by atoms with E-state index in [-0.39, 0.29) is 18.3 Å². The summed E-state index contributed by atoms with van der Waals surface area (Å²) in [5.41, 5.74) is 0. The summed E-state index contributed by atoms with van der Waals surface area (Å²) in [7, 11) is 0. The maximum atomic E-state index is 12.9. The van der Waals surface area contributed by atoms with E-state index in [1.807, 2.05) is 0 Å². The quantitative estimate of drug-likeness (QED) is 0.679. The lowest BCUT2D eigenvalue weighted by molar-refractivity contribution is -0.131. The third-order valence-electron chi connectivity index (χ3n) is 3.91. The van der Waals surface area contributed by atoms with Gasteiger partial charge in [0.2, 0.25) is 5.91 Å². The van der Waals surface area contributed by atoms with Crippen molar-refractivity contribution in [3.8, 4) is 0 Å². The van der Waals surface area contributed by atoms with Crippen LogP contribution in [0.25, 0.3) is 0 Å². The summed E-state index contributed by atoms with van der Waals surface area (Å²) in [5.74, 6) is 0.434. The van der Waals surface area contributed by atoms with Gasteiger partial charge in [-0.2, -0.15) is 0 Å². The van der Waals surface area contributed by atoms with Crippen LogP contribution in [0, 0.1) is 5.82 Å². The number of halogens is 1. The Morgan fingerprint density at radius 2 is 1.96 bits per heavy atom. The first kappa shape index (κ1) is 19.2. The number of ether oxygens (including phenoxy) is 1. The van der Waals surface area contributed by atoms with Gasteiger partial charge in [-0.25, -0.2) is 4.39 Å². The molecule has 1 saturated heterocycles. The molecule has 24 heavy (non-hydrogen) atoms. The number of rotatable bonds is 9. The molecule has 1 aromatic rings. The van der Waals surface area contributed by atoms with E-state index in [1.165, 1.54) is 23.9 Å². The summed E-state index contributed by atoms with van der Waals surface area (Å²) in [6.07, 6.45) is 0.408. The van der Waals surface area contributed by atoms with Crippen LogP contribution in [0.15, 0.2) is 29.2 Å². The Labute approximate surface area is 146 Å². The highest BCUT2D eigenvalue weighted by Gasteiger charge is 2.16. The molecule has 0 aromatic heterocycles. The van der Waals surface area contributed by atoms with E-state index in [1.54, 1.807) is 17.0 Å². The molecule has 1 N–H and O–H groups in total. The maximum Gasteiger partial charge on any atom is 0.223 e. The van der Waals surface area contributed by atoms with Gasteiger partial charge in [-0.05, 0) is 24.3 Å². The summed E-state index contributed by atoms with van der Waals surface area (Å²) >= 11 is 1.54. The lowest BCUT2D eigenvalue weighted by atomic mass is 10.3. The molecule has 0 saturated carbocycles. The van der Waals surface area contributed by atoms with E-state index in [0.29, 0.717) is 25.3 Å². The zero-order valence-corrected chi connectivity index (χ0v) is 14.6. The van der Waals surface area contributed by atoms with Crippen LogP contribution in [0.5, 0.6) is 0 Å². The van der Waals surface area contributed by atoms with Crippen molar-refractivity contribution in [1.29, 1.82) is 0 Å². The van der Waals surface area contributed by atoms with Crippen molar-refractivity contribution in [2.24, 2.45) is 0 Å². The Kier molecular flexibility index (Phi) is 8.52. The van der Waals surface area contributed by atoms with Crippen molar-refractivity contribution >= 4 is 17.7 Å². The third kappa shape index (κ3) is 6.76. The molecule has 134 valence electrons. The van der Waals surface area contributed by atoms with Gasteiger partial charge in [0.25, 0.3) is 0 Å². The topological polar surface area (TPSA) is 53.0 Å². The minimum Gasteiger partial charge on any atom is -0.395 e. The molecule has 7 heteroatoms. The second-order valence-electron chi connectivity index (χ2n) is 5.61. The predicted octanol–water partition coefficient (Wildman–Crippen LogP) is 1.46. The van der Waals surface area contributed by atoms with Crippen molar-refractivity contribution in [2.75, 3.05) is 58.3 Å². The maximum absolute atomic E-state index is 12.9. The number of carbonyl (C=O) groups excluding carboxylic acids is 1. The molecule has 0 atom stereocenters. The first-order valence-electron chi connectivity index (χ1n) is 8.26. The summed E-state index contributed by atoms with van der Waals surface area (Å²) in [6, 6.07) is 6.28. The molecule has 1 aromatic carbocycles. The molecule has 5 nitrogen and oxygen atoms in total. The predicted molar refractivity (Wildman–Crippen MR) is 92.7 cm³/mol. The van der Waals surface area contributed by atoms with Gasteiger partial charge in [-0.3, -0.25) is 9.69 Å². The fourth-order valence-corrected chi connectivity index (χ4v) is 3.35. The van der Waals surface area contributed by atoms with Gasteiger partial charge >= 0.3 is 0 Å². The van der Waals surface area contributed by atoms with Crippen molar-refractivity contribution in [1.82, 2.24) is 9.80 Å². The zero-order valence-electron chi connectivity index (χ0n) is 13.8. The smallest absolute Gasteiger partial charge is 0.223 e. The molecule has 0 unspecified atom stereocenters. The van der Waals surface area contributed by atoms with Crippen LogP contribution < -0.4 is 0 Å². The number of morpholine rings is 1. The Morgan fingerprint density at radius 3 is 2.62 bits per heavy atom. The van der Waals surface area contributed by atoms with E-state index in [9.17, 15) is 14.3 Å². The summed E-state index contributed by atoms with van der Waals surface area (Å²) in [5, 5.41) is 9.18. The Morgan fingerprint density at radius 1 is 1.25 bits per heavy atom. The Hall–Kier alpha value is -1.15. The van der Waals surface area contributed by atoms with Crippen LogP contribution in [0.1, 0.15) is 6.42 Å². The van der Waals surface area contributed by atoms with Gasteiger partial charge in [0, 0.05) is 49.8 Å². The van der Waals surface area contributed by atoms with Crippen LogP contribution in [0.3, 0.4) is 0 Å². The fraction of sp³-hybridized carbons (Fsp3) is 0.588. The first-order chi connectivity index (χ1) is 11.7. The number of thioether (sulfide) groups is 1. The lowest BCUT2D eigenvalue weighted by Gasteiger charge is -2.30. The summed E-state index contributed by atoms with van der Waals surface area (Å²) in [6.45, 7) is 5.03. The molecule has 0 radical (unpaired) electrons. The molecule has 1 fully saturated rings. The van der Waals surface area contributed by atoms with Gasteiger partial charge in [-0.1, -0.05) is 0 Å². The van der Waals surface area contributed by atoms with E-state index >= 15 is 0 Å². The van der Waals surface area contributed by atoms with Crippen LogP contribution in [-0.4, -0.2) is 79.1 Å². The molecule has 1 amide bonds. The standard InChI is InChI=1S/C17H25FN2O3S/c18-15-1-3-16(4-2-15)24-14-5-17(22)20(8-11-21)7-6-19-9-12-23-13-10-19/h1-4,21H,5-14H2. The number of aliphatic hydroxyl groups excluding tert-OH is 1. The van der Waals surface area contributed by atoms with Gasteiger partial charge < -0.3 is 14.7 Å². The Balaban J connectivity index is 1.72. The molecule has 2 rings (SSSR count). The zero-order chi connectivity index (χ0) is 17.2. The lowest BCUT2D eigenvalue weighted by Crippen LogP contribution is -2.44. The average Bonchev–Trinajstić information content (AvgIpc) is 2.61.